The van der Waals surface area contributed by atoms with E-state index >= 15 is 0 Å². The summed E-state index contributed by atoms with van der Waals surface area (Å²) in [6.45, 7) is 10.2. The van der Waals surface area contributed by atoms with Crippen LogP contribution in [0.15, 0.2) is 23.6 Å². The fourth-order valence-electron chi connectivity index (χ4n) is 4.53. The molecule has 0 radical (unpaired) electrons. The van der Waals surface area contributed by atoms with Gasteiger partial charge in [-0.2, -0.15) is 0 Å². The number of amides is 2. The molecule has 0 fully saturated rings. The van der Waals surface area contributed by atoms with E-state index in [2.05, 4.69) is 23.7 Å². The van der Waals surface area contributed by atoms with Crippen LogP contribution in [0.3, 0.4) is 0 Å². The number of nitrogens with zero attached hydrogens (tertiary/aromatic N) is 4. The average Bonchev–Trinajstić information content (AvgIpc) is 3.19. The molecule has 0 saturated heterocycles. The largest absolute Gasteiger partial charge is 0.375 e. The van der Waals surface area contributed by atoms with E-state index in [-0.39, 0.29) is 37.2 Å². The van der Waals surface area contributed by atoms with Crippen LogP contribution in [0.5, 0.6) is 0 Å². The third-order valence-electron chi connectivity index (χ3n) is 6.00. The van der Waals surface area contributed by atoms with Crippen molar-refractivity contribution >= 4 is 28.8 Å². The summed E-state index contributed by atoms with van der Waals surface area (Å²) < 4.78 is 19.5. The van der Waals surface area contributed by atoms with Gasteiger partial charge in [0, 0.05) is 44.4 Å². The Morgan fingerprint density at radius 2 is 1.89 bits per heavy atom. The van der Waals surface area contributed by atoms with Gasteiger partial charge in [-0.3, -0.25) is 9.59 Å². The van der Waals surface area contributed by atoms with Gasteiger partial charge < -0.3 is 19.4 Å². The summed E-state index contributed by atoms with van der Waals surface area (Å²) in [4.78, 5) is 36.6. The molecular formula is C26H37FN4O3S. The third-order valence-corrected chi connectivity index (χ3v) is 6.82. The van der Waals surface area contributed by atoms with Gasteiger partial charge in [-0.15, -0.1) is 11.3 Å². The van der Waals surface area contributed by atoms with Crippen molar-refractivity contribution in [1.82, 2.24) is 14.8 Å². The Kier molecular flexibility index (Phi) is 10.2. The fraction of sp³-hybridized carbons (Fsp3) is 0.577. The number of hydrogen-bond acceptors (Lipinski definition) is 6. The Morgan fingerprint density at radius 1 is 1.14 bits per heavy atom. The highest BCUT2D eigenvalue weighted by molar-refractivity contribution is 7.09. The molecule has 0 bridgehead atoms. The zero-order chi connectivity index (χ0) is 25.4. The van der Waals surface area contributed by atoms with Gasteiger partial charge in [-0.1, -0.05) is 13.8 Å². The maximum atomic E-state index is 14.3. The van der Waals surface area contributed by atoms with Crippen LogP contribution in [0.2, 0.25) is 0 Å². The lowest BCUT2D eigenvalue weighted by molar-refractivity contribution is -0.131. The maximum absolute atomic E-state index is 14.3. The second-order valence-electron chi connectivity index (χ2n) is 9.50. The first-order valence-corrected chi connectivity index (χ1v) is 13.1. The normalized spacial score (nSPS) is 16.1. The summed E-state index contributed by atoms with van der Waals surface area (Å²) in [5.41, 5.74) is 2.00. The zero-order valence-corrected chi connectivity index (χ0v) is 22.1. The van der Waals surface area contributed by atoms with Crippen LogP contribution in [0.25, 0.3) is 0 Å². The van der Waals surface area contributed by atoms with Gasteiger partial charge in [0.05, 0.1) is 17.1 Å². The molecule has 1 aromatic carbocycles. The van der Waals surface area contributed by atoms with Crippen molar-refractivity contribution in [1.29, 1.82) is 0 Å². The lowest BCUT2D eigenvalue weighted by atomic mass is 10.1. The zero-order valence-electron chi connectivity index (χ0n) is 21.3. The molecule has 1 aliphatic rings. The number of fused-ring (bicyclic) bond motifs is 1. The minimum atomic E-state index is -0.388. The van der Waals surface area contributed by atoms with Crippen molar-refractivity contribution in [3.05, 3.63) is 45.7 Å². The number of halogens is 1. The Balaban J connectivity index is 1.93. The Bertz CT molecular complexity index is 997. The highest BCUT2D eigenvalue weighted by Gasteiger charge is 2.24. The van der Waals surface area contributed by atoms with E-state index in [0.717, 1.165) is 43.2 Å². The van der Waals surface area contributed by atoms with Crippen molar-refractivity contribution in [2.45, 2.75) is 46.6 Å². The molecule has 2 amide bonds. The van der Waals surface area contributed by atoms with E-state index in [4.69, 9.17) is 4.74 Å². The average molecular weight is 505 g/mol. The minimum absolute atomic E-state index is 0.0484. The van der Waals surface area contributed by atoms with E-state index < -0.39 is 0 Å². The first-order valence-electron chi connectivity index (χ1n) is 12.3. The lowest BCUT2D eigenvalue weighted by Gasteiger charge is -2.32. The maximum Gasteiger partial charge on any atom is 0.252 e. The summed E-state index contributed by atoms with van der Waals surface area (Å²) in [5.74, 6) is -0.0968. The van der Waals surface area contributed by atoms with Gasteiger partial charge in [0.2, 0.25) is 5.91 Å². The van der Waals surface area contributed by atoms with E-state index in [9.17, 15) is 14.0 Å². The third kappa shape index (κ3) is 8.08. The Hall–Kier alpha value is -2.36. The molecular weight excluding hydrogens is 467 g/mol. The van der Waals surface area contributed by atoms with Crippen molar-refractivity contribution in [3.8, 4) is 0 Å². The smallest absolute Gasteiger partial charge is 0.252 e. The SMILES string of the molecule is COCC(=O)N1CCCN(CC(C)C)CCCN(C(=O)Cc2csc(C)n2)Cc2cc(F)ccc21. The predicted molar refractivity (Wildman–Crippen MR) is 137 cm³/mol. The number of carbonyl (C=O) groups is 2. The fourth-order valence-corrected chi connectivity index (χ4v) is 5.14. The molecule has 2 aromatic rings. The van der Waals surface area contributed by atoms with Crippen molar-refractivity contribution in [2.24, 2.45) is 5.92 Å². The molecule has 35 heavy (non-hydrogen) atoms. The number of ether oxygens (including phenoxy) is 1. The first-order chi connectivity index (χ1) is 16.8. The number of benzene rings is 1. The summed E-state index contributed by atoms with van der Waals surface area (Å²) in [6, 6.07) is 4.45. The molecule has 0 aliphatic carbocycles. The Morgan fingerprint density at radius 3 is 2.54 bits per heavy atom. The number of rotatable bonds is 6. The molecule has 1 aromatic heterocycles. The van der Waals surface area contributed by atoms with Crippen LogP contribution in [0.1, 0.15) is 43.0 Å². The number of aromatic nitrogens is 1. The number of methoxy groups -OCH3 is 1. The predicted octanol–water partition coefficient (Wildman–Crippen LogP) is 3.89. The second-order valence-corrected chi connectivity index (χ2v) is 10.6. The number of hydrogen-bond donors (Lipinski definition) is 0. The number of carbonyl (C=O) groups excluding carboxylic acids is 2. The monoisotopic (exact) mass is 504 g/mol. The summed E-state index contributed by atoms with van der Waals surface area (Å²) in [7, 11) is 1.49. The lowest BCUT2D eigenvalue weighted by Crippen LogP contribution is -2.41. The summed E-state index contributed by atoms with van der Waals surface area (Å²) in [5, 5.41) is 2.83. The highest BCUT2D eigenvalue weighted by atomic mass is 32.1. The van der Waals surface area contributed by atoms with Gasteiger partial charge in [-0.25, -0.2) is 9.37 Å². The van der Waals surface area contributed by atoms with Crippen LogP contribution in [0.4, 0.5) is 10.1 Å². The molecule has 0 atom stereocenters. The number of aryl methyl sites for hydroxylation is 1. The van der Waals surface area contributed by atoms with Crippen molar-refractivity contribution < 1.29 is 18.7 Å². The number of anilines is 1. The number of thiazole rings is 1. The standard InChI is InChI=1S/C26H37FN4O3S/c1-19(2)15-29-9-5-11-30(25(32)14-23-18-35-20(3)28-23)16-21-13-22(27)7-8-24(21)31(12-6-10-29)26(33)17-34-4/h7-8,13,18-19H,5-6,9-12,14-17H2,1-4H3. The van der Waals surface area contributed by atoms with Gasteiger partial charge in [0.15, 0.2) is 0 Å². The van der Waals surface area contributed by atoms with Crippen molar-refractivity contribution in [3.63, 3.8) is 0 Å². The van der Waals surface area contributed by atoms with E-state index in [0.29, 0.717) is 30.3 Å². The molecule has 7 nitrogen and oxygen atoms in total. The van der Waals surface area contributed by atoms with E-state index in [1.54, 1.807) is 15.9 Å². The molecule has 3 rings (SSSR count). The molecule has 1 aliphatic heterocycles. The molecule has 2 heterocycles. The van der Waals surface area contributed by atoms with E-state index in [1.165, 1.54) is 30.6 Å². The summed E-state index contributed by atoms with van der Waals surface area (Å²) >= 11 is 1.52. The van der Waals surface area contributed by atoms with E-state index in [1.807, 2.05) is 12.3 Å². The molecule has 0 spiro atoms. The molecule has 0 unspecified atom stereocenters. The second kappa shape index (κ2) is 13.1. The topological polar surface area (TPSA) is 66.0 Å². The quantitative estimate of drug-likeness (QED) is 0.597. The van der Waals surface area contributed by atoms with Gasteiger partial charge in [0.1, 0.15) is 12.4 Å². The van der Waals surface area contributed by atoms with Crippen LogP contribution < -0.4 is 4.90 Å². The molecule has 0 saturated carbocycles. The first kappa shape index (κ1) is 27.2. The van der Waals surface area contributed by atoms with Crippen LogP contribution in [-0.4, -0.2) is 73.0 Å². The van der Waals surface area contributed by atoms with Crippen LogP contribution >= 0.6 is 11.3 Å². The Labute approximate surface area is 211 Å². The molecule has 9 heteroatoms. The molecule has 0 N–H and O–H groups in total. The highest BCUT2D eigenvalue weighted by Crippen LogP contribution is 2.25. The summed E-state index contributed by atoms with van der Waals surface area (Å²) in [6.07, 6.45) is 1.83. The minimum Gasteiger partial charge on any atom is -0.375 e. The van der Waals surface area contributed by atoms with Gasteiger partial charge in [0.25, 0.3) is 5.91 Å². The van der Waals surface area contributed by atoms with Crippen molar-refractivity contribution in [2.75, 3.05) is 51.3 Å². The van der Waals surface area contributed by atoms with Crippen LogP contribution in [-0.2, 0) is 27.3 Å². The van der Waals surface area contributed by atoms with Gasteiger partial charge >= 0.3 is 0 Å². The molecule has 192 valence electrons. The van der Waals surface area contributed by atoms with Crippen LogP contribution in [0, 0.1) is 18.7 Å². The van der Waals surface area contributed by atoms with Gasteiger partial charge in [-0.05, 0) is 62.5 Å².